The minimum atomic E-state index is 0. The van der Waals surface area contributed by atoms with Crippen molar-refractivity contribution in [2.24, 2.45) is 4.99 Å². The third-order valence-electron chi connectivity index (χ3n) is 3.94. The Kier molecular flexibility index (Phi) is 10.5. The molecule has 0 radical (unpaired) electrons. The van der Waals surface area contributed by atoms with Gasteiger partial charge in [0.25, 0.3) is 0 Å². The van der Waals surface area contributed by atoms with Crippen LogP contribution in [0.1, 0.15) is 30.3 Å². The fourth-order valence-electron chi connectivity index (χ4n) is 2.69. The number of aromatic nitrogens is 2. The van der Waals surface area contributed by atoms with E-state index in [2.05, 4.69) is 40.6 Å². The number of rotatable bonds is 8. The molecule has 0 fully saturated rings. The predicted octanol–water partition coefficient (Wildman–Crippen LogP) is 3.93. The Morgan fingerprint density at radius 2 is 2.04 bits per heavy atom. The Bertz CT molecular complexity index is 748. The first-order valence-corrected chi connectivity index (χ1v) is 9.27. The largest absolute Gasteiger partial charge is 0.496 e. The van der Waals surface area contributed by atoms with Crippen LogP contribution in [-0.4, -0.2) is 35.9 Å². The van der Waals surface area contributed by atoms with Crippen molar-refractivity contribution in [1.82, 2.24) is 20.4 Å². The zero-order valence-corrected chi connectivity index (χ0v) is 19.5. The van der Waals surface area contributed by atoms with Crippen LogP contribution in [0.2, 0.25) is 5.02 Å². The van der Waals surface area contributed by atoms with Gasteiger partial charge in [-0.05, 0) is 45.4 Å². The van der Waals surface area contributed by atoms with Gasteiger partial charge in [-0.3, -0.25) is 4.68 Å². The van der Waals surface area contributed by atoms with Gasteiger partial charge in [-0.1, -0.05) is 17.7 Å². The summed E-state index contributed by atoms with van der Waals surface area (Å²) in [7, 11) is 1.64. The highest BCUT2D eigenvalue weighted by molar-refractivity contribution is 14.0. The normalized spacial score (nSPS) is 11.1. The Labute approximate surface area is 183 Å². The molecule has 0 aliphatic rings. The molecule has 0 bridgehead atoms. The Hall–Kier alpha value is -1.48. The third kappa shape index (κ3) is 7.57. The van der Waals surface area contributed by atoms with E-state index < -0.39 is 0 Å². The number of guanidine groups is 1. The first kappa shape index (κ1) is 23.6. The summed E-state index contributed by atoms with van der Waals surface area (Å²) in [5.41, 5.74) is 3.25. The summed E-state index contributed by atoms with van der Waals surface area (Å²) in [6, 6.07) is 7.69. The van der Waals surface area contributed by atoms with E-state index >= 15 is 0 Å². The molecule has 2 aromatic rings. The van der Waals surface area contributed by atoms with E-state index in [1.54, 1.807) is 13.2 Å². The molecule has 0 saturated heterocycles. The van der Waals surface area contributed by atoms with Crippen LogP contribution in [0.5, 0.6) is 5.75 Å². The van der Waals surface area contributed by atoms with E-state index in [0.29, 0.717) is 11.6 Å². The molecule has 0 aliphatic heterocycles. The maximum absolute atomic E-state index is 6.01. The predicted molar refractivity (Wildman–Crippen MR) is 123 cm³/mol. The van der Waals surface area contributed by atoms with Crippen molar-refractivity contribution in [3.05, 3.63) is 46.2 Å². The lowest BCUT2D eigenvalue weighted by Crippen LogP contribution is -2.38. The molecular weight excluding hydrogens is 477 g/mol. The molecular formula is C19H29ClIN5O. The fraction of sp³-hybridized carbons (Fsp3) is 0.474. The van der Waals surface area contributed by atoms with E-state index in [-0.39, 0.29) is 24.0 Å². The highest BCUT2D eigenvalue weighted by Crippen LogP contribution is 2.23. The molecule has 2 N–H and O–H groups in total. The Morgan fingerprint density at radius 1 is 1.26 bits per heavy atom. The van der Waals surface area contributed by atoms with Crippen LogP contribution < -0.4 is 15.4 Å². The number of hydrogen-bond donors (Lipinski definition) is 2. The zero-order chi connectivity index (χ0) is 18.9. The average molecular weight is 506 g/mol. The van der Waals surface area contributed by atoms with Crippen LogP contribution in [-0.2, 0) is 13.1 Å². The highest BCUT2D eigenvalue weighted by Gasteiger charge is 2.05. The Morgan fingerprint density at radius 3 is 2.67 bits per heavy atom. The zero-order valence-electron chi connectivity index (χ0n) is 16.4. The van der Waals surface area contributed by atoms with Gasteiger partial charge in [0.2, 0.25) is 0 Å². The monoisotopic (exact) mass is 505 g/mol. The summed E-state index contributed by atoms with van der Waals surface area (Å²) < 4.78 is 7.42. The van der Waals surface area contributed by atoms with Crippen LogP contribution in [0.4, 0.5) is 0 Å². The lowest BCUT2D eigenvalue weighted by molar-refractivity contribution is 0.410. The number of benzene rings is 1. The topological polar surface area (TPSA) is 63.5 Å². The number of methoxy groups -OCH3 is 1. The molecule has 27 heavy (non-hydrogen) atoms. The number of ether oxygens (including phenoxy) is 1. The van der Waals surface area contributed by atoms with Gasteiger partial charge in [-0.25, -0.2) is 4.99 Å². The molecule has 1 aromatic heterocycles. The number of aryl methyl sites for hydroxylation is 3. The summed E-state index contributed by atoms with van der Waals surface area (Å²) in [5, 5.41) is 11.8. The summed E-state index contributed by atoms with van der Waals surface area (Å²) in [6.45, 7) is 9.18. The summed E-state index contributed by atoms with van der Waals surface area (Å²) in [5.74, 6) is 1.54. The molecule has 150 valence electrons. The number of hydrogen-bond acceptors (Lipinski definition) is 3. The number of nitrogens with one attached hydrogen (secondary N) is 2. The second-order valence-corrected chi connectivity index (χ2v) is 6.52. The van der Waals surface area contributed by atoms with Gasteiger partial charge in [0.1, 0.15) is 5.75 Å². The molecule has 0 unspecified atom stereocenters. The van der Waals surface area contributed by atoms with Crippen molar-refractivity contribution in [1.29, 1.82) is 0 Å². The second-order valence-electron chi connectivity index (χ2n) is 6.08. The van der Waals surface area contributed by atoms with Gasteiger partial charge in [-0.2, -0.15) is 5.10 Å². The van der Waals surface area contributed by atoms with Gasteiger partial charge >= 0.3 is 0 Å². The molecule has 6 nitrogen and oxygen atoms in total. The smallest absolute Gasteiger partial charge is 0.191 e. The molecule has 2 rings (SSSR count). The minimum Gasteiger partial charge on any atom is -0.496 e. The number of aliphatic imine (C=N–C) groups is 1. The Balaban J connectivity index is 0.00000364. The van der Waals surface area contributed by atoms with E-state index in [9.17, 15) is 0 Å². The van der Waals surface area contributed by atoms with Crippen molar-refractivity contribution < 1.29 is 4.74 Å². The molecule has 0 spiro atoms. The maximum atomic E-state index is 6.01. The minimum absolute atomic E-state index is 0. The SMILES string of the molecule is CCNC(=NCc1ccc(Cl)cc1OC)NCCCn1nc(C)cc1C.I. The summed E-state index contributed by atoms with van der Waals surface area (Å²) in [4.78, 5) is 4.64. The number of halogens is 2. The summed E-state index contributed by atoms with van der Waals surface area (Å²) in [6.07, 6.45) is 0.969. The van der Waals surface area contributed by atoms with E-state index in [0.717, 1.165) is 49.0 Å². The lowest BCUT2D eigenvalue weighted by Gasteiger charge is -2.12. The standard InChI is InChI=1S/C19H28ClN5O.HI/c1-5-21-19(22-9-6-10-25-15(3)11-14(2)24-25)23-13-16-7-8-17(20)12-18(16)26-4;/h7-8,11-12H,5-6,9-10,13H2,1-4H3,(H2,21,22,23);1H. The van der Waals surface area contributed by atoms with Gasteiger partial charge in [-0.15, -0.1) is 24.0 Å². The molecule has 0 atom stereocenters. The van der Waals surface area contributed by atoms with Gasteiger partial charge in [0.05, 0.1) is 19.3 Å². The molecule has 0 saturated carbocycles. The van der Waals surface area contributed by atoms with Crippen molar-refractivity contribution >= 4 is 41.5 Å². The summed E-state index contributed by atoms with van der Waals surface area (Å²) >= 11 is 6.01. The first-order valence-electron chi connectivity index (χ1n) is 8.89. The second kappa shape index (κ2) is 12.1. The van der Waals surface area contributed by atoms with Crippen molar-refractivity contribution in [3.8, 4) is 5.75 Å². The van der Waals surface area contributed by atoms with E-state index in [1.165, 1.54) is 5.69 Å². The van der Waals surface area contributed by atoms with Crippen molar-refractivity contribution in [2.45, 2.75) is 40.3 Å². The van der Waals surface area contributed by atoms with Gasteiger partial charge in [0, 0.05) is 35.9 Å². The first-order chi connectivity index (χ1) is 12.5. The number of nitrogens with zero attached hydrogens (tertiary/aromatic N) is 3. The quantitative estimate of drug-likeness (QED) is 0.247. The maximum Gasteiger partial charge on any atom is 0.191 e. The van der Waals surface area contributed by atoms with Crippen LogP contribution >= 0.6 is 35.6 Å². The molecule has 1 heterocycles. The van der Waals surface area contributed by atoms with Crippen LogP contribution in [0, 0.1) is 13.8 Å². The van der Waals surface area contributed by atoms with Crippen LogP contribution in [0.25, 0.3) is 0 Å². The van der Waals surface area contributed by atoms with E-state index in [4.69, 9.17) is 16.3 Å². The molecule has 1 aromatic carbocycles. The van der Waals surface area contributed by atoms with Crippen molar-refractivity contribution in [2.75, 3.05) is 20.2 Å². The lowest BCUT2D eigenvalue weighted by atomic mass is 10.2. The highest BCUT2D eigenvalue weighted by atomic mass is 127. The third-order valence-corrected chi connectivity index (χ3v) is 4.18. The van der Waals surface area contributed by atoms with Crippen LogP contribution in [0.15, 0.2) is 29.3 Å². The van der Waals surface area contributed by atoms with Gasteiger partial charge in [0.15, 0.2) is 5.96 Å². The average Bonchev–Trinajstić information content (AvgIpc) is 2.94. The fourth-order valence-corrected chi connectivity index (χ4v) is 2.85. The molecule has 0 amide bonds. The van der Waals surface area contributed by atoms with Crippen LogP contribution in [0.3, 0.4) is 0 Å². The molecule has 8 heteroatoms. The van der Waals surface area contributed by atoms with E-state index in [1.807, 2.05) is 23.7 Å². The molecule has 0 aliphatic carbocycles. The van der Waals surface area contributed by atoms with Gasteiger partial charge < -0.3 is 15.4 Å². The van der Waals surface area contributed by atoms with Crippen molar-refractivity contribution in [3.63, 3.8) is 0 Å².